The molecule has 1 aromatic carbocycles. The summed E-state index contributed by atoms with van der Waals surface area (Å²) in [4.78, 5) is 38.9. The largest absolute Gasteiger partial charge is 0.481 e. The number of carboxylic acids is 1. The van der Waals surface area contributed by atoms with Crippen LogP contribution in [0.4, 0.5) is 0 Å². The number of rotatable bonds is 2. The van der Waals surface area contributed by atoms with Crippen LogP contribution in [0, 0.1) is 11.3 Å². The van der Waals surface area contributed by atoms with Crippen molar-refractivity contribution in [3.63, 3.8) is 0 Å². The second kappa shape index (κ2) is 5.95. The summed E-state index contributed by atoms with van der Waals surface area (Å²) in [6, 6.07) is 8.58. The number of carboxylic acid groups (broad SMARTS) is 1. The van der Waals surface area contributed by atoms with Gasteiger partial charge in [0.15, 0.2) is 0 Å². The van der Waals surface area contributed by atoms with Crippen molar-refractivity contribution in [1.29, 1.82) is 0 Å². The lowest BCUT2D eigenvalue weighted by Gasteiger charge is -2.33. The number of aromatic nitrogens is 1. The molecule has 136 valence electrons. The van der Waals surface area contributed by atoms with Gasteiger partial charge in [0.25, 0.3) is 11.5 Å². The van der Waals surface area contributed by atoms with Gasteiger partial charge in [-0.1, -0.05) is 18.2 Å². The summed E-state index contributed by atoms with van der Waals surface area (Å²) in [5.41, 5.74) is -0.219. The number of para-hydroxylation sites is 1. The van der Waals surface area contributed by atoms with E-state index in [-0.39, 0.29) is 23.9 Å². The Kier molecular flexibility index (Phi) is 3.84. The number of likely N-dealkylation sites (tertiary alicyclic amines) is 1. The molecular formula is C19H20N2O5. The van der Waals surface area contributed by atoms with Gasteiger partial charge in [0.05, 0.1) is 23.1 Å². The van der Waals surface area contributed by atoms with Crippen molar-refractivity contribution in [2.24, 2.45) is 18.4 Å². The van der Waals surface area contributed by atoms with Crippen molar-refractivity contribution in [2.75, 3.05) is 26.3 Å². The first-order valence-electron chi connectivity index (χ1n) is 8.63. The van der Waals surface area contributed by atoms with Gasteiger partial charge in [-0.2, -0.15) is 0 Å². The molecule has 0 bridgehead atoms. The molecule has 2 saturated heterocycles. The minimum atomic E-state index is -0.955. The molecule has 0 saturated carbocycles. The van der Waals surface area contributed by atoms with Gasteiger partial charge in [0.2, 0.25) is 0 Å². The molecule has 0 aliphatic carbocycles. The fraction of sp³-hybridized carbons (Fsp3) is 0.421. The molecule has 0 unspecified atom stereocenters. The van der Waals surface area contributed by atoms with E-state index in [1.165, 1.54) is 10.6 Å². The summed E-state index contributed by atoms with van der Waals surface area (Å²) in [6.07, 6.45) is 0.397. The number of ether oxygens (including phenoxy) is 1. The van der Waals surface area contributed by atoms with Crippen LogP contribution in [0.1, 0.15) is 16.8 Å². The van der Waals surface area contributed by atoms with Crippen molar-refractivity contribution in [1.82, 2.24) is 9.47 Å². The van der Waals surface area contributed by atoms with Gasteiger partial charge >= 0.3 is 5.97 Å². The number of amides is 1. The SMILES string of the molecule is Cn1c(=O)cc(C(=O)N2C[C@H]3COCC[C@@]3(C(=O)O)C2)c2ccccc21. The third-order valence-corrected chi connectivity index (χ3v) is 5.80. The predicted molar refractivity (Wildman–Crippen MR) is 94.1 cm³/mol. The topological polar surface area (TPSA) is 88.8 Å². The van der Waals surface area contributed by atoms with Gasteiger partial charge in [-0.25, -0.2) is 0 Å². The van der Waals surface area contributed by atoms with Gasteiger partial charge in [-0.15, -0.1) is 0 Å². The fourth-order valence-corrected chi connectivity index (χ4v) is 4.21. The normalized spacial score (nSPS) is 25.3. The molecule has 0 radical (unpaired) electrons. The number of pyridine rings is 1. The number of hydrogen-bond donors (Lipinski definition) is 1. The van der Waals surface area contributed by atoms with E-state index in [0.29, 0.717) is 42.6 Å². The molecule has 2 aliphatic heterocycles. The third kappa shape index (κ3) is 2.34. The van der Waals surface area contributed by atoms with Crippen LogP contribution < -0.4 is 5.56 Å². The summed E-state index contributed by atoms with van der Waals surface area (Å²) in [7, 11) is 1.67. The van der Waals surface area contributed by atoms with Gasteiger partial charge in [0.1, 0.15) is 0 Å². The Hall–Kier alpha value is -2.67. The van der Waals surface area contributed by atoms with E-state index in [1.54, 1.807) is 24.1 Å². The highest BCUT2D eigenvalue weighted by molar-refractivity contribution is 6.06. The highest BCUT2D eigenvalue weighted by Gasteiger charge is 2.55. The molecule has 1 aromatic heterocycles. The highest BCUT2D eigenvalue weighted by Crippen LogP contribution is 2.43. The van der Waals surface area contributed by atoms with Gasteiger partial charge in [-0.3, -0.25) is 14.4 Å². The van der Waals surface area contributed by atoms with Crippen LogP contribution in [0.3, 0.4) is 0 Å². The maximum atomic E-state index is 13.2. The maximum absolute atomic E-state index is 13.2. The highest BCUT2D eigenvalue weighted by atomic mass is 16.5. The Labute approximate surface area is 149 Å². The van der Waals surface area contributed by atoms with Crippen LogP contribution in [-0.2, 0) is 16.6 Å². The second-order valence-electron chi connectivity index (χ2n) is 7.14. The number of carbonyl (C=O) groups excluding carboxylic acids is 1. The fourth-order valence-electron chi connectivity index (χ4n) is 4.21. The van der Waals surface area contributed by atoms with E-state index in [9.17, 15) is 19.5 Å². The molecule has 26 heavy (non-hydrogen) atoms. The minimum absolute atomic E-state index is 0.152. The monoisotopic (exact) mass is 356 g/mol. The lowest BCUT2D eigenvalue weighted by atomic mass is 9.74. The average Bonchev–Trinajstić information content (AvgIpc) is 3.05. The molecule has 2 aromatic rings. The van der Waals surface area contributed by atoms with E-state index < -0.39 is 11.4 Å². The van der Waals surface area contributed by atoms with E-state index in [2.05, 4.69) is 0 Å². The lowest BCUT2D eigenvalue weighted by Crippen LogP contribution is -2.45. The number of aliphatic carboxylic acids is 1. The first kappa shape index (κ1) is 16.8. The van der Waals surface area contributed by atoms with Crippen LogP contribution in [0.2, 0.25) is 0 Å². The summed E-state index contributed by atoms with van der Waals surface area (Å²) in [6.45, 7) is 1.21. The number of fused-ring (bicyclic) bond motifs is 2. The van der Waals surface area contributed by atoms with E-state index >= 15 is 0 Å². The van der Waals surface area contributed by atoms with Crippen LogP contribution in [0.15, 0.2) is 35.1 Å². The van der Waals surface area contributed by atoms with E-state index in [4.69, 9.17) is 4.74 Å². The Morgan fingerprint density at radius 2 is 2.08 bits per heavy atom. The predicted octanol–water partition coefficient (Wildman–Crippen LogP) is 1.10. The molecular weight excluding hydrogens is 336 g/mol. The average molecular weight is 356 g/mol. The molecule has 2 atom stereocenters. The summed E-state index contributed by atoms with van der Waals surface area (Å²) in [5, 5.41) is 10.5. The molecule has 1 amide bonds. The molecule has 7 heteroatoms. The van der Waals surface area contributed by atoms with Crippen molar-refractivity contribution in [3.05, 3.63) is 46.2 Å². The molecule has 0 spiro atoms. The lowest BCUT2D eigenvalue weighted by molar-refractivity contribution is -0.157. The number of nitrogens with zero attached hydrogens (tertiary/aromatic N) is 2. The molecule has 2 aliphatic rings. The zero-order chi connectivity index (χ0) is 18.5. The standard InChI is InChI=1S/C19H20N2O5/c1-20-15-5-3-2-4-13(15)14(8-16(20)22)17(23)21-9-12-10-26-7-6-19(12,11-21)18(24)25/h2-5,8,12H,6-7,9-11H2,1H3,(H,24,25)/t12-,19+/m0/s1. The molecule has 3 heterocycles. The summed E-state index contributed by atoms with van der Waals surface area (Å²) in [5.74, 6) is -1.40. The Bertz CT molecular complexity index is 966. The first-order valence-corrected chi connectivity index (χ1v) is 8.63. The van der Waals surface area contributed by atoms with Crippen molar-refractivity contribution in [2.45, 2.75) is 6.42 Å². The number of carbonyl (C=O) groups is 2. The van der Waals surface area contributed by atoms with Gasteiger partial charge < -0.3 is 19.3 Å². The maximum Gasteiger partial charge on any atom is 0.311 e. The molecule has 4 rings (SSSR count). The Balaban J connectivity index is 1.76. The zero-order valence-electron chi connectivity index (χ0n) is 14.5. The zero-order valence-corrected chi connectivity index (χ0v) is 14.5. The number of hydrogen-bond acceptors (Lipinski definition) is 4. The van der Waals surface area contributed by atoms with E-state index in [0.717, 1.165) is 0 Å². The first-order chi connectivity index (χ1) is 12.4. The summed E-state index contributed by atoms with van der Waals surface area (Å²) >= 11 is 0. The van der Waals surface area contributed by atoms with Gasteiger partial charge in [0, 0.05) is 44.1 Å². The number of benzene rings is 1. The minimum Gasteiger partial charge on any atom is -0.481 e. The van der Waals surface area contributed by atoms with Crippen LogP contribution in [0.5, 0.6) is 0 Å². The molecule has 7 nitrogen and oxygen atoms in total. The Morgan fingerprint density at radius 1 is 1.31 bits per heavy atom. The van der Waals surface area contributed by atoms with Crippen molar-refractivity contribution in [3.8, 4) is 0 Å². The summed E-state index contributed by atoms with van der Waals surface area (Å²) < 4.78 is 6.95. The molecule has 1 N–H and O–H groups in total. The quantitative estimate of drug-likeness (QED) is 0.870. The van der Waals surface area contributed by atoms with Crippen molar-refractivity contribution < 1.29 is 19.4 Å². The van der Waals surface area contributed by atoms with Crippen LogP contribution in [0.25, 0.3) is 10.9 Å². The van der Waals surface area contributed by atoms with E-state index in [1.807, 2.05) is 12.1 Å². The number of aryl methyl sites for hydroxylation is 1. The van der Waals surface area contributed by atoms with Gasteiger partial charge in [-0.05, 0) is 12.5 Å². The Morgan fingerprint density at radius 3 is 2.81 bits per heavy atom. The van der Waals surface area contributed by atoms with Crippen LogP contribution >= 0.6 is 0 Å². The second-order valence-corrected chi connectivity index (χ2v) is 7.14. The van der Waals surface area contributed by atoms with Crippen molar-refractivity contribution >= 4 is 22.8 Å². The smallest absolute Gasteiger partial charge is 0.311 e. The molecule has 2 fully saturated rings. The van der Waals surface area contributed by atoms with Crippen LogP contribution in [-0.4, -0.2) is 52.8 Å². The third-order valence-electron chi connectivity index (χ3n) is 5.80.